The summed E-state index contributed by atoms with van der Waals surface area (Å²) in [7, 11) is 0. The van der Waals surface area contributed by atoms with E-state index in [-0.39, 0.29) is 0 Å². The van der Waals surface area contributed by atoms with Crippen molar-refractivity contribution in [2.24, 2.45) is 0 Å². The molecular weight excluding hydrogens is 256 g/mol. The Morgan fingerprint density at radius 2 is 2.05 bits per heavy atom. The molecule has 0 atom stereocenters. The second kappa shape index (κ2) is 8.51. The van der Waals surface area contributed by atoms with Crippen molar-refractivity contribution in [1.82, 2.24) is 15.2 Å². The molecule has 1 saturated heterocycles. The first-order valence-electron chi connectivity index (χ1n) is 7.47. The fraction of sp³-hybridized carbons (Fsp3) is 0.786. The third kappa shape index (κ3) is 5.09. The van der Waals surface area contributed by atoms with Crippen molar-refractivity contribution in [2.75, 3.05) is 50.7 Å². The van der Waals surface area contributed by atoms with Crippen LogP contribution >= 0.6 is 11.3 Å². The molecule has 1 aromatic heterocycles. The molecule has 2 heterocycles. The van der Waals surface area contributed by atoms with Crippen LogP contribution in [0.1, 0.15) is 26.2 Å². The fourth-order valence-corrected chi connectivity index (χ4v) is 3.17. The number of nitrogens with zero attached hydrogens (tertiary/aromatic N) is 3. The molecule has 1 fully saturated rings. The van der Waals surface area contributed by atoms with Gasteiger partial charge in [0.05, 0.1) is 0 Å². The minimum absolute atomic E-state index is 1.10. The molecule has 0 aromatic carbocycles. The Kier molecular flexibility index (Phi) is 6.61. The Morgan fingerprint density at radius 3 is 2.74 bits per heavy atom. The lowest BCUT2D eigenvalue weighted by Gasteiger charge is -2.34. The predicted molar refractivity (Wildman–Crippen MR) is 83.2 cm³/mol. The topological polar surface area (TPSA) is 31.4 Å². The van der Waals surface area contributed by atoms with Crippen LogP contribution in [0.3, 0.4) is 0 Å². The molecule has 1 aliphatic rings. The van der Waals surface area contributed by atoms with Crippen molar-refractivity contribution in [3.8, 4) is 0 Å². The lowest BCUT2D eigenvalue weighted by atomic mass is 10.2. The number of hydrogen-bond acceptors (Lipinski definition) is 5. The molecule has 1 N–H and O–H groups in total. The van der Waals surface area contributed by atoms with Crippen molar-refractivity contribution in [2.45, 2.75) is 26.2 Å². The van der Waals surface area contributed by atoms with E-state index >= 15 is 0 Å². The van der Waals surface area contributed by atoms with Crippen molar-refractivity contribution >= 4 is 16.5 Å². The summed E-state index contributed by atoms with van der Waals surface area (Å²) < 4.78 is 0. The summed E-state index contributed by atoms with van der Waals surface area (Å²) in [6, 6.07) is 0. The normalized spacial score (nSPS) is 17.0. The van der Waals surface area contributed by atoms with E-state index in [9.17, 15) is 0 Å². The third-order valence-electron chi connectivity index (χ3n) is 3.64. The first kappa shape index (κ1) is 14.8. The zero-order chi connectivity index (χ0) is 13.3. The molecule has 0 saturated carbocycles. The molecule has 0 spiro atoms. The molecule has 0 amide bonds. The SMILES string of the molecule is CCNCCCCCN1CCN(c2nccs2)CC1. The maximum absolute atomic E-state index is 4.39. The number of rotatable bonds is 8. The van der Waals surface area contributed by atoms with E-state index < -0.39 is 0 Å². The van der Waals surface area contributed by atoms with Gasteiger partial charge in [-0.2, -0.15) is 0 Å². The van der Waals surface area contributed by atoms with Crippen LogP contribution in [0.15, 0.2) is 11.6 Å². The molecule has 2 rings (SSSR count). The minimum atomic E-state index is 1.10. The van der Waals surface area contributed by atoms with Gasteiger partial charge in [0, 0.05) is 37.8 Å². The van der Waals surface area contributed by atoms with Crippen LogP contribution in [0.25, 0.3) is 0 Å². The van der Waals surface area contributed by atoms with E-state index in [1.54, 1.807) is 11.3 Å². The van der Waals surface area contributed by atoms with Gasteiger partial charge in [0.1, 0.15) is 0 Å². The summed E-state index contributed by atoms with van der Waals surface area (Å²) in [6.45, 7) is 10.3. The first-order chi connectivity index (χ1) is 9.40. The van der Waals surface area contributed by atoms with Crippen LogP contribution in [-0.4, -0.2) is 55.7 Å². The number of piperazine rings is 1. The van der Waals surface area contributed by atoms with Crippen molar-refractivity contribution in [1.29, 1.82) is 0 Å². The Morgan fingerprint density at radius 1 is 1.21 bits per heavy atom. The van der Waals surface area contributed by atoms with Crippen LogP contribution in [0.2, 0.25) is 0 Å². The van der Waals surface area contributed by atoms with Gasteiger partial charge < -0.3 is 10.2 Å². The van der Waals surface area contributed by atoms with Crippen LogP contribution in [0, 0.1) is 0 Å². The van der Waals surface area contributed by atoms with Crippen molar-refractivity contribution < 1.29 is 0 Å². The van der Waals surface area contributed by atoms with Crippen LogP contribution in [-0.2, 0) is 0 Å². The molecule has 4 nitrogen and oxygen atoms in total. The van der Waals surface area contributed by atoms with Gasteiger partial charge in [0.2, 0.25) is 0 Å². The highest BCUT2D eigenvalue weighted by molar-refractivity contribution is 7.13. The largest absolute Gasteiger partial charge is 0.346 e. The third-order valence-corrected chi connectivity index (χ3v) is 4.47. The van der Waals surface area contributed by atoms with Gasteiger partial charge in [0.25, 0.3) is 0 Å². The predicted octanol–water partition coefficient (Wildman–Crippen LogP) is 2.04. The van der Waals surface area contributed by atoms with Gasteiger partial charge in [-0.3, -0.25) is 4.90 Å². The van der Waals surface area contributed by atoms with E-state index in [0.717, 1.165) is 19.6 Å². The average molecular weight is 282 g/mol. The quantitative estimate of drug-likeness (QED) is 0.740. The van der Waals surface area contributed by atoms with Crippen LogP contribution < -0.4 is 10.2 Å². The lowest BCUT2D eigenvalue weighted by molar-refractivity contribution is 0.252. The second-order valence-electron chi connectivity index (χ2n) is 5.06. The highest BCUT2D eigenvalue weighted by Gasteiger charge is 2.17. The van der Waals surface area contributed by atoms with Gasteiger partial charge >= 0.3 is 0 Å². The molecule has 0 radical (unpaired) electrons. The molecular formula is C14H26N4S. The second-order valence-corrected chi connectivity index (χ2v) is 5.93. The molecule has 1 aromatic rings. The summed E-state index contributed by atoms with van der Waals surface area (Å²) in [5, 5.41) is 6.63. The number of hydrogen-bond donors (Lipinski definition) is 1. The number of nitrogens with one attached hydrogen (secondary N) is 1. The molecule has 5 heteroatoms. The van der Waals surface area contributed by atoms with Gasteiger partial charge in [0.15, 0.2) is 5.13 Å². The summed E-state index contributed by atoms with van der Waals surface area (Å²) in [4.78, 5) is 9.39. The minimum Gasteiger partial charge on any atom is -0.346 e. The van der Waals surface area contributed by atoms with Crippen LogP contribution in [0.5, 0.6) is 0 Å². The summed E-state index contributed by atoms with van der Waals surface area (Å²) in [6.07, 6.45) is 5.89. The van der Waals surface area contributed by atoms with E-state index in [1.807, 2.05) is 6.20 Å². The molecule has 19 heavy (non-hydrogen) atoms. The van der Waals surface area contributed by atoms with Gasteiger partial charge in [-0.1, -0.05) is 13.3 Å². The average Bonchev–Trinajstić information content (AvgIpc) is 2.97. The Balaban J connectivity index is 1.54. The molecule has 0 unspecified atom stereocenters. The fourth-order valence-electron chi connectivity index (χ4n) is 2.47. The van der Waals surface area contributed by atoms with E-state index in [0.29, 0.717) is 0 Å². The monoisotopic (exact) mass is 282 g/mol. The Bertz CT molecular complexity index is 320. The van der Waals surface area contributed by atoms with Crippen LogP contribution in [0.4, 0.5) is 5.13 Å². The maximum Gasteiger partial charge on any atom is 0.185 e. The van der Waals surface area contributed by atoms with Gasteiger partial charge in [-0.15, -0.1) is 11.3 Å². The molecule has 0 bridgehead atoms. The summed E-state index contributed by atoms with van der Waals surface area (Å²) >= 11 is 1.75. The highest BCUT2D eigenvalue weighted by Crippen LogP contribution is 2.18. The Labute approximate surface area is 120 Å². The van der Waals surface area contributed by atoms with E-state index in [4.69, 9.17) is 0 Å². The van der Waals surface area contributed by atoms with E-state index in [2.05, 4.69) is 32.4 Å². The summed E-state index contributed by atoms with van der Waals surface area (Å²) in [5.41, 5.74) is 0. The van der Waals surface area contributed by atoms with Gasteiger partial charge in [-0.05, 0) is 32.5 Å². The molecule has 108 valence electrons. The number of anilines is 1. The van der Waals surface area contributed by atoms with Crippen molar-refractivity contribution in [3.63, 3.8) is 0 Å². The zero-order valence-corrected chi connectivity index (χ0v) is 12.8. The number of thiazole rings is 1. The van der Waals surface area contributed by atoms with Crippen molar-refractivity contribution in [3.05, 3.63) is 11.6 Å². The standard InChI is InChI=1S/C14H26N4S/c1-2-15-6-4-3-5-8-17-9-11-18(12-10-17)14-16-7-13-19-14/h7,13,15H,2-6,8-12H2,1H3. The summed E-state index contributed by atoms with van der Waals surface area (Å²) in [5.74, 6) is 0. The maximum atomic E-state index is 4.39. The zero-order valence-electron chi connectivity index (χ0n) is 12.0. The van der Waals surface area contributed by atoms with Gasteiger partial charge in [-0.25, -0.2) is 4.98 Å². The Hall–Kier alpha value is -0.650. The van der Waals surface area contributed by atoms with E-state index in [1.165, 1.54) is 50.6 Å². The number of aromatic nitrogens is 1. The number of unbranched alkanes of at least 4 members (excludes halogenated alkanes) is 2. The highest BCUT2D eigenvalue weighted by atomic mass is 32.1. The molecule has 0 aliphatic carbocycles. The molecule has 1 aliphatic heterocycles. The first-order valence-corrected chi connectivity index (χ1v) is 8.35. The smallest absolute Gasteiger partial charge is 0.185 e. The lowest BCUT2D eigenvalue weighted by Crippen LogP contribution is -2.46.